The van der Waals surface area contributed by atoms with Gasteiger partial charge >= 0.3 is 0 Å². The van der Waals surface area contributed by atoms with Crippen LogP contribution in [0.3, 0.4) is 0 Å². The first kappa shape index (κ1) is 8.44. The van der Waals surface area contributed by atoms with Crippen LogP contribution in [0.2, 0.25) is 0 Å². The lowest BCUT2D eigenvalue weighted by molar-refractivity contribution is 0.461. The molecule has 0 aliphatic carbocycles. The van der Waals surface area contributed by atoms with Gasteiger partial charge in [-0.2, -0.15) is 4.31 Å². The maximum absolute atomic E-state index is 12.0. The summed E-state index contributed by atoms with van der Waals surface area (Å²) in [6.45, 7) is 1.36. The van der Waals surface area contributed by atoms with Crippen molar-refractivity contribution in [2.75, 3.05) is 13.1 Å². The van der Waals surface area contributed by atoms with Crippen molar-refractivity contribution in [3.63, 3.8) is 0 Å². The van der Waals surface area contributed by atoms with Gasteiger partial charge in [0.15, 0.2) is 0 Å². The van der Waals surface area contributed by atoms with E-state index in [4.69, 9.17) is 0 Å². The Morgan fingerprint density at radius 3 is 2.93 bits per heavy atom. The van der Waals surface area contributed by atoms with Gasteiger partial charge in [0.1, 0.15) is 0 Å². The van der Waals surface area contributed by atoms with Gasteiger partial charge in [0.2, 0.25) is 10.0 Å². The zero-order valence-corrected chi connectivity index (χ0v) is 8.50. The first-order valence-corrected chi connectivity index (χ1v) is 6.23. The number of nitrogens with zero attached hydrogens (tertiary/aromatic N) is 1. The largest absolute Gasteiger partial charge is 0.243 e. The molecule has 3 rings (SSSR count). The lowest BCUT2D eigenvalue weighted by Crippen LogP contribution is -2.32. The molecule has 0 N–H and O–H groups in total. The summed E-state index contributed by atoms with van der Waals surface area (Å²) >= 11 is 0. The molecule has 2 atom stereocenters. The predicted molar refractivity (Wildman–Crippen MR) is 52.6 cm³/mol. The quantitative estimate of drug-likeness (QED) is 0.643. The van der Waals surface area contributed by atoms with Crippen LogP contribution in [0.25, 0.3) is 0 Å². The van der Waals surface area contributed by atoms with Crippen LogP contribution < -0.4 is 0 Å². The summed E-state index contributed by atoms with van der Waals surface area (Å²) in [5.74, 6) is 0.426. The van der Waals surface area contributed by atoms with Crippen LogP contribution in [0.15, 0.2) is 29.2 Å². The van der Waals surface area contributed by atoms with Gasteiger partial charge in [0, 0.05) is 19.0 Å². The van der Waals surface area contributed by atoms with Gasteiger partial charge in [-0.05, 0) is 18.1 Å². The highest BCUT2D eigenvalue weighted by atomic mass is 32.2. The van der Waals surface area contributed by atoms with E-state index in [0.29, 0.717) is 23.9 Å². The SMILES string of the molecule is O=S1(=O)c2ccccc2[C@@H]2CCN1C2. The molecule has 1 aromatic carbocycles. The van der Waals surface area contributed by atoms with Crippen molar-refractivity contribution < 1.29 is 8.42 Å². The molecule has 4 heteroatoms. The maximum Gasteiger partial charge on any atom is 0.243 e. The smallest absolute Gasteiger partial charge is 0.207 e. The summed E-state index contributed by atoms with van der Waals surface area (Å²) < 4.78 is 25.6. The van der Waals surface area contributed by atoms with E-state index in [-0.39, 0.29) is 0 Å². The molecule has 0 spiro atoms. The van der Waals surface area contributed by atoms with Gasteiger partial charge in [0.25, 0.3) is 0 Å². The Bertz CT molecular complexity index is 481. The minimum absolute atomic E-state index is 0.426. The molecule has 2 aliphatic heterocycles. The summed E-state index contributed by atoms with van der Waals surface area (Å²) in [4.78, 5) is 0.522. The third-order valence-electron chi connectivity index (χ3n) is 3.13. The molecule has 2 aliphatic rings. The van der Waals surface area contributed by atoms with Crippen molar-refractivity contribution in [2.24, 2.45) is 0 Å². The molecule has 0 amide bonds. The highest BCUT2D eigenvalue weighted by Crippen LogP contribution is 2.39. The third kappa shape index (κ3) is 0.925. The monoisotopic (exact) mass is 209 g/mol. The minimum Gasteiger partial charge on any atom is -0.207 e. The van der Waals surface area contributed by atoms with Gasteiger partial charge in [0.05, 0.1) is 4.90 Å². The standard InChI is InChI=1S/C10H11NO2S/c12-14(13)10-4-2-1-3-9(10)8-5-6-11(14)7-8/h1-4,8H,5-7H2/t8-/m1/s1. The Hall–Kier alpha value is -0.870. The Morgan fingerprint density at radius 2 is 2.07 bits per heavy atom. The van der Waals surface area contributed by atoms with Crippen LogP contribution >= 0.6 is 0 Å². The predicted octanol–water partition coefficient (Wildman–Crippen LogP) is 1.18. The van der Waals surface area contributed by atoms with Crippen molar-refractivity contribution in [1.29, 1.82) is 0 Å². The average Bonchev–Trinajstić information content (AvgIpc) is 2.63. The van der Waals surface area contributed by atoms with Gasteiger partial charge in [-0.3, -0.25) is 0 Å². The molecule has 14 heavy (non-hydrogen) atoms. The fourth-order valence-electron chi connectivity index (χ4n) is 2.39. The van der Waals surface area contributed by atoms with Gasteiger partial charge in [-0.25, -0.2) is 8.42 Å². The zero-order chi connectivity index (χ0) is 9.76. The van der Waals surface area contributed by atoms with Gasteiger partial charge in [-0.15, -0.1) is 0 Å². The zero-order valence-electron chi connectivity index (χ0n) is 7.68. The summed E-state index contributed by atoms with van der Waals surface area (Å²) in [6, 6.07) is 7.37. The van der Waals surface area contributed by atoms with E-state index in [1.807, 2.05) is 12.1 Å². The molecule has 0 radical (unpaired) electrons. The molecule has 2 heterocycles. The molecule has 1 unspecified atom stereocenters. The second-order valence-electron chi connectivity index (χ2n) is 3.89. The normalized spacial score (nSPS) is 32.6. The molecule has 1 fully saturated rings. The van der Waals surface area contributed by atoms with E-state index < -0.39 is 10.0 Å². The third-order valence-corrected chi connectivity index (χ3v) is 5.07. The second kappa shape index (κ2) is 2.58. The molecular formula is C10H11NO2S. The Kier molecular flexibility index (Phi) is 1.56. The average molecular weight is 209 g/mol. The van der Waals surface area contributed by atoms with E-state index in [9.17, 15) is 8.42 Å². The first-order chi connectivity index (χ1) is 6.69. The van der Waals surface area contributed by atoms with Crippen LogP contribution in [0.1, 0.15) is 17.9 Å². The molecule has 0 saturated carbocycles. The summed E-state index contributed by atoms with van der Waals surface area (Å²) in [5.41, 5.74) is 1.02. The van der Waals surface area contributed by atoms with E-state index in [1.165, 1.54) is 0 Å². The van der Waals surface area contributed by atoms with Crippen LogP contribution in [0, 0.1) is 0 Å². The van der Waals surface area contributed by atoms with E-state index in [1.54, 1.807) is 16.4 Å². The minimum atomic E-state index is -3.16. The fraction of sp³-hybridized carbons (Fsp3) is 0.400. The molecule has 2 bridgehead atoms. The molecule has 3 nitrogen and oxygen atoms in total. The first-order valence-electron chi connectivity index (χ1n) is 4.79. The van der Waals surface area contributed by atoms with Crippen molar-refractivity contribution in [1.82, 2.24) is 4.31 Å². The number of sulfonamides is 1. The second-order valence-corrected chi connectivity index (χ2v) is 5.79. The number of hydrogen-bond acceptors (Lipinski definition) is 2. The van der Waals surface area contributed by atoms with Crippen molar-refractivity contribution in [3.8, 4) is 0 Å². The Morgan fingerprint density at radius 1 is 1.29 bits per heavy atom. The summed E-state index contributed by atoms with van der Waals surface area (Å²) in [5, 5.41) is 0. The van der Waals surface area contributed by atoms with Crippen LogP contribution in [-0.2, 0) is 10.0 Å². The Balaban J connectivity index is 2.33. The highest BCUT2D eigenvalue weighted by Gasteiger charge is 2.40. The van der Waals surface area contributed by atoms with Crippen molar-refractivity contribution in [2.45, 2.75) is 17.2 Å². The molecule has 1 saturated heterocycles. The van der Waals surface area contributed by atoms with Crippen LogP contribution in [-0.4, -0.2) is 25.8 Å². The van der Waals surface area contributed by atoms with Crippen molar-refractivity contribution >= 4 is 10.0 Å². The maximum atomic E-state index is 12.0. The number of fused-ring (bicyclic) bond motifs is 4. The number of rotatable bonds is 0. The summed E-state index contributed by atoms with van der Waals surface area (Å²) in [7, 11) is -3.16. The van der Waals surface area contributed by atoms with Gasteiger partial charge < -0.3 is 0 Å². The molecule has 74 valence electrons. The van der Waals surface area contributed by atoms with E-state index in [2.05, 4.69) is 0 Å². The lowest BCUT2D eigenvalue weighted by Gasteiger charge is -2.24. The lowest BCUT2D eigenvalue weighted by atomic mass is 9.98. The molecule has 1 aromatic rings. The summed E-state index contributed by atoms with van der Waals surface area (Å²) in [6.07, 6.45) is 0.968. The van der Waals surface area contributed by atoms with E-state index >= 15 is 0 Å². The number of hydrogen-bond donors (Lipinski definition) is 0. The molecular weight excluding hydrogens is 198 g/mol. The van der Waals surface area contributed by atoms with E-state index in [0.717, 1.165) is 12.0 Å². The van der Waals surface area contributed by atoms with Gasteiger partial charge in [-0.1, -0.05) is 18.2 Å². The fourth-order valence-corrected chi connectivity index (χ4v) is 4.18. The Labute approximate surface area is 83.4 Å². The number of benzene rings is 1. The van der Waals surface area contributed by atoms with Crippen LogP contribution in [0.4, 0.5) is 0 Å². The molecule has 0 aromatic heterocycles. The topological polar surface area (TPSA) is 37.4 Å². The highest BCUT2D eigenvalue weighted by molar-refractivity contribution is 7.89. The van der Waals surface area contributed by atoms with Crippen molar-refractivity contribution in [3.05, 3.63) is 29.8 Å². The van der Waals surface area contributed by atoms with Crippen LogP contribution in [0.5, 0.6) is 0 Å².